The Morgan fingerprint density at radius 1 is 1.41 bits per heavy atom. The molecule has 1 unspecified atom stereocenters. The van der Waals surface area contributed by atoms with E-state index in [9.17, 15) is 4.79 Å². The highest BCUT2D eigenvalue weighted by molar-refractivity contribution is 6.00. The van der Waals surface area contributed by atoms with Crippen molar-refractivity contribution in [2.24, 2.45) is 4.99 Å². The van der Waals surface area contributed by atoms with Crippen LogP contribution in [-0.2, 0) is 0 Å². The lowest BCUT2D eigenvalue weighted by molar-refractivity contribution is 0.309. The Balaban J connectivity index is 1.77. The zero-order chi connectivity index (χ0) is 20.8. The molecule has 152 valence electrons. The van der Waals surface area contributed by atoms with Crippen LogP contribution in [0.4, 0.5) is 11.6 Å². The molecule has 29 heavy (non-hydrogen) atoms. The van der Waals surface area contributed by atoms with Gasteiger partial charge in [0.15, 0.2) is 0 Å². The Kier molecular flexibility index (Phi) is 6.65. The number of hydrogen-bond donors (Lipinski definition) is 2. The van der Waals surface area contributed by atoms with E-state index in [0.29, 0.717) is 17.6 Å². The van der Waals surface area contributed by atoms with Gasteiger partial charge in [-0.05, 0) is 44.4 Å². The number of anilines is 2. The molecule has 0 bridgehead atoms. The maximum atomic E-state index is 11.7. The molecule has 3 rings (SSSR count). The molecule has 1 aromatic heterocycles. The molecule has 1 saturated heterocycles. The van der Waals surface area contributed by atoms with Gasteiger partial charge < -0.3 is 10.2 Å². The van der Waals surface area contributed by atoms with Crippen LogP contribution in [0.25, 0.3) is 0 Å². The lowest BCUT2D eigenvalue weighted by Gasteiger charge is -2.35. The van der Waals surface area contributed by atoms with Gasteiger partial charge in [0.25, 0.3) is 5.56 Å². The second kappa shape index (κ2) is 9.37. The lowest BCUT2D eigenvalue weighted by atomic mass is 9.90. The normalized spacial score (nSPS) is 17.6. The van der Waals surface area contributed by atoms with Crippen molar-refractivity contribution in [1.29, 1.82) is 0 Å². The maximum absolute atomic E-state index is 11.7. The molecular weight excluding hydrogens is 362 g/mol. The molecule has 2 N–H and O–H groups in total. The summed E-state index contributed by atoms with van der Waals surface area (Å²) in [7, 11) is 1.83. The van der Waals surface area contributed by atoms with Gasteiger partial charge in [-0.1, -0.05) is 30.9 Å². The molecule has 6 nitrogen and oxygen atoms in total. The van der Waals surface area contributed by atoms with Gasteiger partial charge in [0.1, 0.15) is 5.84 Å². The van der Waals surface area contributed by atoms with Crippen LogP contribution >= 0.6 is 0 Å². The first kappa shape index (κ1) is 20.6. The van der Waals surface area contributed by atoms with Crippen molar-refractivity contribution in [2.75, 3.05) is 25.5 Å². The second-order valence-corrected chi connectivity index (χ2v) is 7.34. The van der Waals surface area contributed by atoms with Crippen molar-refractivity contribution >= 4 is 17.5 Å². The average molecular weight is 392 g/mol. The van der Waals surface area contributed by atoms with Gasteiger partial charge >= 0.3 is 0 Å². The van der Waals surface area contributed by atoms with E-state index >= 15 is 0 Å². The number of nitrogens with zero attached hydrogens (tertiary/aromatic N) is 3. The fourth-order valence-electron chi connectivity index (χ4n) is 3.85. The molecule has 6 heteroatoms. The highest BCUT2D eigenvalue weighted by Crippen LogP contribution is 2.30. The fraction of sp³-hybridized carbons (Fsp3) is 0.348. The SMILES string of the molecule is C=C(/C=C\C)C(=NC)N1CCCC(c2cccc(Nc3nc(C)cc(=O)[nH]3)c2)C1. The number of H-pyrrole nitrogens is 1. The zero-order valence-electron chi connectivity index (χ0n) is 17.4. The van der Waals surface area contributed by atoms with E-state index in [4.69, 9.17) is 0 Å². The topological polar surface area (TPSA) is 73.4 Å². The first-order chi connectivity index (χ1) is 14.0. The van der Waals surface area contributed by atoms with Gasteiger partial charge in [-0.3, -0.25) is 14.8 Å². The molecule has 1 atom stereocenters. The highest BCUT2D eigenvalue weighted by atomic mass is 16.1. The van der Waals surface area contributed by atoms with Crippen molar-refractivity contribution in [3.63, 3.8) is 0 Å². The summed E-state index contributed by atoms with van der Waals surface area (Å²) >= 11 is 0. The molecule has 1 aliphatic heterocycles. The Morgan fingerprint density at radius 2 is 2.24 bits per heavy atom. The minimum atomic E-state index is -0.160. The van der Waals surface area contributed by atoms with Crippen molar-refractivity contribution < 1.29 is 0 Å². The molecule has 0 amide bonds. The quantitative estimate of drug-likeness (QED) is 0.456. The first-order valence-electron chi connectivity index (χ1n) is 9.99. The number of aliphatic imine (C=N–C) groups is 1. The number of aryl methyl sites for hydroxylation is 1. The number of nitrogens with one attached hydrogen (secondary N) is 2. The summed E-state index contributed by atoms with van der Waals surface area (Å²) in [5, 5.41) is 3.22. The van der Waals surface area contributed by atoms with Crippen molar-refractivity contribution in [2.45, 2.75) is 32.6 Å². The minimum Gasteiger partial charge on any atom is -0.356 e. The van der Waals surface area contributed by atoms with E-state index < -0.39 is 0 Å². The third-order valence-corrected chi connectivity index (χ3v) is 5.08. The highest BCUT2D eigenvalue weighted by Gasteiger charge is 2.24. The van der Waals surface area contributed by atoms with Gasteiger partial charge in [0.2, 0.25) is 5.95 Å². The summed E-state index contributed by atoms with van der Waals surface area (Å²) in [6.07, 6.45) is 6.24. The number of hydrogen-bond acceptors (Lipinski definition) is 4. The molecule has 0 aliphatic carbocycles. The summed E-state index contributed by atoms with van der Waals surface area (Å²) in [5.74, 6) is 1.83. The van der Waals surface area contributed by atoms with E-state index in [1.807, 2.05) is 45.2 Å². The predicted molar refractivity (Wildman–Crippen MR) is 120 cm³/mol. The molecule has 0 radical (unpaired) electrons. The number of rotatable bonds is 5. The smallest absolute Gasteiger partial charge is 0.252 e. The molecule has 2 heterocycles. The molecule has 0 saturated carbocycles. The summed E-state index contributed by atoms with van der Waals surface area (Å²) in [6, 6.07) is 9.80. The molecule has 1 aliphatic rings. The van der Waals surface area contributed by atoms with E-state index in [1.165, 1.54) is 11.6 Å². The summed E-state index contributed by atoms with van der Waals surface area (Å²) < 4.78 is 0. The fourth-order valence-corrected chi connectivity index (χ4v) is 3.85. The van der Waals surface area contributed by atoms with Crippen LogP contribution in [0.2, 0.25) is 0 Å². The lowest BCUT2D eigenvalue weighted by Crippen LogP contribution is -2.39. The molecule has 1 aromatic carbocycles. The average Bonchev–Trinajstić information content (AvgIpc) is 2.68. The van der Waals surface area contributed by atoms with Crippen LogP contribution in [0.3, 0.4) is 0 Å². The third-order valence-electron chi connectivity index (χ3n) is 5.08. The summed E-state index contributed by atoms with van der Waals surface area (Å²) in [6.45, 7) is 9.86. The minimum absolute atomic E-state index is 0.160. The summed E-state index contributed by atoms with van der Waals surface area (Å²) in [5.41, 5.74) is 3.65. The predicted octanol–water partition coefficient (Wildman–Crippen LogP) is 4.16. The van der Waals surface area contributed by atoms with E-state index in [0.717, 1.165) is 43.0 Å². The number of amidine groups is 1. The molecule has 2 aromatic rings. The van der Waals surface area contributed by atoms with Crippen LogP contribution < -0.4 is 10.9 Å². The Labute approximate surface area is 172 Å². The second-order valence-electron chi connectivity index (χ2n) is 7.34. The monoisotopic (exact) mass is 391 g/mol. The van der Waals surface area contributed by atoms with Gasteiger partial charge in [-0.15, -0.1) is 0 Å². The van der Waals surface area contributed by atoms with E-state index in [-0.39, 0.29) is 5.56 Å². The number of benzene rings is 1. The van der Waals surface area contributed by atoms with Crippen LogP contribution in [-0.4, -0.2) is 40.8 Å². The van der Waals surface area contributed by atoms with Crippen molar-refractivity contribution in [3.05, 3.63) is 76.2 Å². The summed E-state index contributed by atoms with van der Waals surface area (Å²) in [4.78, 5) is 25.6. The molecule has 0 spiro atoms. The Bertz CT molecular complexity index is 989. The van der Waals surface area contributed by atoms with Crippen LogP contribution in [0.15, 0.2) is 64.4 Å². The van der Waals surface area contributed by atoms with E-state index in [2.05, 4.69) is 43.9 Å². The molecule has 1 fully saturated rings. The van der Waals surface area contributed by atoms with Gasteiger partial charge in [-0.25, -0.2) is 4.98 Å². The zero-order valence-corrected chi connectivity index (χ0v) is 17.4. The first-order valence-corrected chi connectivity index (χ1v) is 9.99. The number of piperidine rings is 1. The number of aromatic nitrogens is 2. The number of likely N-dealkylation sites (tertiary alicyclic amines) is 1. The third kappa shape index (κ3) is 5.22. The number of allylic oxidation sites excluding steroid dienone is 1. The molecular formula is C23H29N5O. The standard InChI is InChI=1S/C23H29N5O/c1-5-8-16(2)22(24-4)28-12-7-10-19(15-28)18-9-6-11-20(14-18)26-23-25-17(3)13-21(29)27-23/h5-6,8-9,11,13-14,19H,2,7,10,12,15H2,1,3-4H3,(H2,25,26,27,29)/b8-5-,24-22?. The van der Waals surface area contributed by atoms with Crippen LogP contribution in [0.1, 0.15) is 36.9 Å². The van der Waals surface area contributed by atoms with E-state index in [1.54, 1.807) is 0 Å². The van der Waals surface area contributed by atoms with Crippen LogP contribution in [0.5, 0.6) is 0 Å². The van der Waals surface area contributed by atoms with Gasteiger partial charge in [-0.2, -0.15) is 0 Å². The van der Waals surface area contributed by atoms with Crippen molar-refractivity contribution in [1.82, 2.24) is 14.9 Å². The maximum Gasteiger partial charge on any atom is 0.252 e. The van der Waals surface area contributed by atoms with Crippen molar-refractivity contribution in [3.8, 4) is 0 Å². The number of aromatic amines is 1. The van der Waals surface area contributed by atoms with Gasteiger partial charge in [0.05, 0.1) is 0 Å². The Morgan fingerprint density at radius 3 is 2.97 bits per heavy atom. The Hall–Kier alpha value is -3.15. The largest absolute Gasteiger partial charge is 0.356 e. The van der Waals surface area contributed by atoms with Gasteiger partial charge in [0, 0.05) is 49.1 Å². The van der Waals surface area contributed by atoms with Crippen LogP contribution in [0, 0.1) is 6.92 Å².